The van der Waals surface area contributed by atoms with Gasteiger partial charge in [0.2, 0.25) is 0 Å². The number of aromatic nitrogens is 2. The number of hydrogen-bond donors (Lipinski definition) is 2. The van der Waals surface area contributed by atoms with Crippen molar-refractivity contribution in [2.24, 2.45) is 5.92 Å². The Labute approximate surface area is 165 Å². The van der Waals surface area contributed by atoms with Gasteiger partial charge in [0.1, 0.15) is 18.6 Å². The summed E-state index contributed by atoms with van der Waals surface area (Å²) in [5, 5.41) is 12.6. The van der Waals surface area contributed by atoms with Crippen molar-refractivity contribution in [1.82, 2.24) is 14.9 Å². The average Bonchev–Trinajstić information content (AvgIpc) is 3.08. The first-order valence-electron chi connectivity index (χ1n) is 9.46. The Morgan fingerprint density at radius 2 is 1.93 bits per heavy atom. The van der Waals surface area contributed by atoms with Crippen molar-refractivity contribution in [2.45, 2.75) is 59.0 Å². The molecule has 2 rings (SSSR count). The van der Waals surface area contributed by atoms with E-state index >= 15 is 0 Å². The molecule has 2 unspecified atom stereocenters. The summed E-state index contributed by atoms with van der Waals surface area (Å²) in [7, 11) is 0. The quantitative estimate of drug-likeness (QED) is 0.582. The van der Waals surface area contributed by atoms with Crippen LogP contribution in [0.4, 0.5) is 0 Å². The molecule has 0 amide bonds. The van der Waals surface area contributed by atoms with Crippen molar-refractivity contribution >= 4 is 11.8 Å². The van der Waals surface area contributed by atoms with Crippen LogP contribution in [0.15, 0.2) is 42.9 Å². The molecule has 0 aliphatic carbocycles. The Morgan fingerprint density at radius 3 is 2.54 bits per heavy atom. The largest absolute Gasteiger partial charge is 0.480 e. The number of imidazole rings is 1. The van der Waals surface area contributed by atoms with Gasteiger partial charge in [-0.3, -0.25) is 14.9 Å². The Morgan fingerprint density at radius 1 is 1.21 bits per heavy atom. The highest BCUT2D eigenvalue weighted by atomic mass is 16.5. The van der Waals surface area contributed by atoms with Crippen LogP contribution in [0.5, 0.6) is 0 Å². The number of ketones is 1. The number of Topliss-reactive ketones (excluding diaryl/α,β-unsaturated/α-hetero) is 1. The molecule has 2 atom stereocenters. The zero-order valence-corrected chi connectivity index (χ0v) is 16.7. The van der Waals surface area contributed by atoms with Gasteiger partial charge in [0, 0.05) is 18.3 Å². The molecule has 152 valence electrons. The van der Waals surface area contributed by atoms with E-state index < -0.39 is 18.1 Å². The number of carbonyl (C=O) groups excluding carboxylic acids is 1. The average molecular weight is 387 g/mol. The molecule has 1 heterocycles. The number of carbonyl (C=O) groups is 2. The molecule has 0 radical (unpaired) electrons. The van der Waals surface area contributed by atoms with Gasteiger partial charge in [-0.25, -0.2) is 4.98 Å². The summed E-state index contributed by atoms with van der Waals surface area (Å²) in [6.45, 7) is 6.23. The Bertz CT molecular complexity index is 758. The van der Waals surface area contributed by atoms with Crippen LogP contribution < -0.4 is 5.32 Å². The van der Waals surface area contributed by atoms with Gasteiger partial charge in [-0.15, -0.1) is 0 Å². The lowest BCUT2D eigenvalue weighted by Gasteiger charge is -2.23. The molecule has 0 spiro atoms. The van der Waals surface area contributed by atoms with Crippen LogP contribution in [-0.4, -0.2) is 38.5 Å². The fraction of sp³-hybridized carbons (Fsp3) is 0.476. The third-order valence-electron chi connectivity index (χ3n) is 4.45. The molecule has 28 heavy (non-hydrogen) atoms. The second-order valence-corrected chi connectivity index (χ2v) is 7.37. The van der Waals surface area contributed by atoms with E-state index in [-0.39, 0.29) is 24.9 Å². The lowest BCUT2D eigenvalue weighted by atomic mass is 9.99. The first kappa shape index (κ1) is 21.8. The van der Waals surface area contributed by atoms with Crippen molar-refractivity contribution in [3.05, 3.63) is 54.1 Å². The van der Waals surface area contributed by atoms with E-state index in [0.717, 1.165) is 11.3 Å². The van der Waals surface area contributed by atoms with Gasteiger partial charge in [-0.2, -0.15) is 0 Å². The number of nitrogens with zero attached hydrogens (tertiary/aromatic N) is 2. The van der Waals surface area contributed by atoms with E-state index in [1.807, 2.05) is 44.2 Å². The highest BCUT2D eigenvalue weighted by Crippen LogP contribution is 2.11. The van der Waals surface area contributed by atoms with Crippen LogP contribution in [0.25, 0.3) is 0 Å². The van der Waals surface area contributed by atoms with Crippen LogP contribution >= 0.6 is 0 Å². The number of rotatable bonds is 12. The lowest BCUT2D eigenvalue weighted by Crippen LogP contribution is -2.48. The van der Waals surface area contributed by atoms with Gasteiger partial charge >= 0.3 is 5.97 Å². The summed E-state index contributed by atoms with van der Waals surface area (Å²) in [4.78, 5) is 27.8. The van der Waals surface area contributed by atoms with Gasteiger partial charge < -0.3 is 14.4 Å². The standard InChI is InChI=1S/C21H29N3O4/c1-15(2)9-19(16(3)25)23-20(21(26)27)10-18-11-22-13-24(18)14-28-12-17-7-5-4-6-8-17/h4-8,11,13,15,19-20,23H,9-10,12,14H2,1-3H3,(H,26,27). The predicted octanol–water partition coefficient (Wildman–Crippen LogP) is 2.65. The minimum absolute atomic E-state index is 0.0559. The third kappa shape index (κ3) is 6.90. The molecule has 2 N–H and O–H groups in total. The maximum atomic E-state index is 11.9. The number of benzene rings is 1. The minimum Gasteiger partial charge on any atom is -0.480 e. The number of nitrogens with one attached hydrogen (secondary N) is 1. The maximum absolute atomic E-state index is 11.9. The molecule has 7 nitrogen and oxygen atoms in total. The number of ether oxygens (including phenoxy) is 1. The second-order valence-electron chi connectivity index (χ2n) is 7.37. The van der Waals surface area contributed by atoms with Crippen molar-refractivity contribution in [3.63, 3.8) is 0 Å². The number of carboxylic acid groups (broad SMARTS) is 1. The normalized spacial score (nSPS) is 13.4. The van der Waals surface area contributed by atoms with E-state index in [9.17, 15) is 14.7 Å². The lowest BCUT2D eigenvalue weighted by molar-refractivity contribution is -0.140. The van der Waals surface area contributed by atoms with E-state index in [4.69, 9.17) is 4.74 Å². The van der Waals surface area contributed by atoms with Crippen LogP contribution in [0.1, 0.15) is 38.4 Å². The van der Waals surface area contributed by atoms with Crippen LogP contribution in [0, 0.1) is 5.92 Å². The summed E-state index contributed by atoms with van der Waals surface area (Å²) >= 11 is 0. The minimum atomic E-state index is -0.993. The molecule has 0 aliphatic rings. The molecular formula is C21H29N3O4. The SMILES string of the molecule is CC(=O)C(CC(C)C)NC(Cc1cncn1COCc1ccccc1)C(=O)O. The monoisotopic (exact) mass is 387 g/mol. The van der Waals surface area contributed by atoms with Crippen LogP contribution in [0.3, 0.4) is 0 Å². The molecule has 0 fully saturated rings. The maximum Gasteiger partial charge on any atom is 0.321 e. The molecule has 2 aromatic rings. The molecule has 1 aromatic heterocycles. The molecule has 0 saturated heterocycles. The zero-order chi connectivity index (χ0) is 20.5. The van der Waals surface area contributed by atoms with Gasteiger partial charge in [0.15, 0.2) is 0 Å². The van der Waals surface area contributed by atoms with Crippen molar-refractivity contribution in [3.8, 4) is 0 Å². The predicted molar refractivity (Wildman–Crippen MR) is 106 cm³/mol. The van der Waals surface area contributed by atoms with Crippen LogP contribution in [-0.2, 0) is 34.1 Å². The van der Waals surface area contributed by atoms with Crippen molar-refractivity contribution < 1.29 is 19.4 Å². The zero-order valence-electron chi connectivity index (χ0n) is 16.7. The summed E-state index contributed by atoms with van der Waals surface area (Å²) in [5.41, 5.74) is 1.80. The number of hydrogen-bond acceptors (Lipinski definition) is 5. The fourth-order valence-corrected chi connectivity index (χ4v) is 2.96. The first-order chi connectivity index (χ1) is 13.4. The summed E-state index contributed by atoms with van der Waals surface area (Å²) in [5.74, 6) is -0.764. The topological polar surface area (TPSA) is 93.5 Å². The first-order valence-corrected chi connectivity index (χ1v) is 9.46. The van der Waals surface area contributed by atoms with Gasteiger partial charge in [0.05, 0.1) is 19.0 Å². The smallest absolute Gasteiger partial charge is 0.321 e. The Hall–Kier alpha value is -2.51. The van der Waals surface area contributed by atoms with Crippen molar-refractivity contribution in [1.29, 1.82) is 0 Å². The van der Waals surface area contributed by atoms with E-state index in [0.29, 0.717) is 13.0 Å². The van der Waals surface area contributed by atoms with E-state index in [1.165, 1.54) is 6.92 Å². The second kappa shape index (κ2) is 10.7. The number of aliphatic carboxylic acids is 1. The molecule has 0 bridgehead atoms. The van der Waals surface area contributed by atoms with Crippen molar-refractivity contribution in [2.75, 3.05) is 0 Å². The summed E-state index contributed by atoms with van der Waals surface area (Å²) in [6.07, 6.45) is 4.06. The van der Waals surface area contributed by atoms with E-state index in [1.54, 1.807) is 17.1 Å². The Kier molecular flexibility index (Phi) is 8.35. The summed E-state index contributed by atoms with van der Waals surface area (Å²) < 4.78 is 7.50. The number of carboxylic acids is 1. The molecule has 1 aromatic carbocycles. The fourth-order valence-electron chi connectivity index (χ4n) is 2.96. The molecule has 0 saturated carbocycles. The highest BCUT2D eigenvalue weighted by Gasteiger charge is 2.26. The van der Waals surface area contributed by atoms with Crippen LogP contribution in [0.2, 0.25) is 0 Å². The molecular weight excluding hydrogens is 358 g/mol. The molecule has 0 aliphatic heterocycles. The molecule has 7 heteroatoms. The third-order valence-corrected chi connectivity index (χ3v) is 4.45. The van der Waals surface area contributed by atoms with Gasteiger partial charge in [-0.05, 0) is 24.8 Å². The Balaban J connectivity index is 1.98. The highest BCUT2D eigenvalue weighted by molar-refractivity contribution is 5.82. The van der Waals surface area contributed by atoms with Gasteiger partial charge in [0.25, 0.3) is 0 Å². The van der Waals surface area contributed by atoms with E-state index in [2.05, 4.69) is 10.3 Å². The summed E-state index contributed by atoms with van der Waals surface area (Å²) in [6, 6.07) is 8.46. The van der Waals surface area contributed by atoms with Gasteiger partial charge in [-0.1, -0.05) is 44.2 Å².